The fraction of sp³-hybridized carbons (Fsp3) is 0.393. The van der Waals surface area contributed by atoms with Crippen molar-refractivity contribution < 1.29 is 23.8 Å². The predicted octanol–water partition coefficient (Wildman–Crippen LogP) is 6.44. The Morgan fingerprint density at radius 1 is 1.14 bits per heavy atom. The van der Waals surface area contributed by atoms with Gasteiger partial charge in [-0.2, -0.15) is 9.78 Å². The summed E-state index contributed by atoms with van der Waals surface area (Å²) in [7, 11) is 1.41. The van der Waals surface area contributed by atoms with Crippen LogP contribution in [0.1, 0.15) is 68.0 Å². The van der Waals surface area contributed by atoms with Crippen molar-refractivity contribution in [3.8, 4) is 5.69 Å². The first-order valence-electron chi connectivity index (χ1n) is 12.1. The minimum absolute atomic E-state index is 0.0940. The highest BCUT2D eigenvalue weighted by molar-refractivity contribution is 6.02. The van der Waals surface area contributed by atoms with Crippen molar-refractivity contribution in [3.05, 3.63) is 58.7 Å². The van der Waals surface area contributed by atoms with Crippen molar-refractivity contribution in [2.75, 3.05) is 7.11 Å². The summed E-state index contributed by atoms with van der Waals surface area (Å²) in [5.74, 6) is -0.278. The Balaban J connectivity index is 1.85. The highest BCUT2D eigenvalue weighted by Gasteiger charge is 2.49. The Hall–Kier alpha value is -3.68. The number of carbonyl (C=O) groups excluding carboxylic acids is 1. The van der Waals surface area contributed by atoms with Gasteiger partial charge in [0.25, 0.3) is 0 Å². The molecule has 1 aliphatic rings. The van der Waals surface area contributed by atoms with E-state index in [0.717, 1.165) is 37.9 Å². The molecule has 5 rings (SSSR count). The molecule has 7 nitrogen and oxygen atoms in total. The number of aryl methyl sites for hydroxylation is 2. The first-order chi connectivity index (χ1) is 17.0. The van der Waals surface area contributed by atoms with E-state index in [9.17, 15) is 19.1 Å². The maximum atomic E-state index is 14.2. The third-order valence-electron chi connectivity index (χ3n) is 7.64. The fourth-order valence-electron chi connectivity index (χ4n) is 5.92. The lowest BCUT2D eigenvalue weighted by molar-refractivity contribution is -0.158. The van der Waals surface area contributed by atoms with Crippen LogP contribution in [0.2, 0.25) is 0 Å². The molecule has 2 aromatic carbocycles. The SMILES string of the molecule is COC(=O)C1(C)CC(c2c(C(C)C)n(-c3ccc(F)c(C)c3)c3cc4c(C)nn(C(=O)O)c4cc23)C1. The third-order valence-corrected chi connectivity index (χ3v) is 7.64. The zero-order valence-electron chi connectivity index (χ0n) is 21.3. The van der Waals surface area contributed by atoms with Gasteiger partial charge < -0.3 is 14.4 Å². The number of carboxylic acid groups (broad SMARTS) is 1. The van der Waals surface area contributed by atoms with Crippen LogP contribution in [0.4, 0.5) is 9.18 Å². The van der Waals surface area contributed by atoms with E-state index in [1.54, 1.807) is 19.9 Å². The number of hydrogen-bond donors (Lipinski definition) is 1. The topological polar surface area (TPSA) is 86.4 Å². The molecule has 2 aromatic heterocycles. The van der Waals surface area contributed by atoms with E-state index in [0.29, 0.717) is 29.6 Å². The molecular weight excluding hydrogens is 461 g/mol. The lowest BCUT2D eigenvalue weighted by Crippen LogP contribution is -2.41. The van der Waals surface area contributed by atoms with Crippen LogP contribution in [0.25, 0.3) is 27.5 Å². The molecule has 0 unspecified atom stereocenters. The molecule has 0 saturated heterocycles. The number of aromatic nitrogens is 3. The number of nitrogens with zero attached hydrogens (tertiary/aromatic N) is 3. The van der Waals surface area contributed by atoms with Gasteiger partial charge in [-0.15, -0.1) is 0 Å². The van der Waals surface area contributed by atoms with Crippen molar-refractivity contribution >= 4 is 33.9 Å². The van der Waals surface area contributed by atoms with Crippen molar-refractivity contribution in [3.63, 3.8) is 0 Å². The molecule has 0 spiro atoms. The van der Waals surface area contributed by atoms with Gasteiger partial charge in [0, 0.05) is 22.2 Å². The molecule has 1 fully saturated rings. The molecule has 188 valence electrons. The second-order valence-corrected chi connectivity index (χ2v) is 10.5. The molecule has 0 aliphatic heterocycles. The zero-order chi connectivity index (χ0) is 26.1. The number of ether oxygens (including phenoxy) is 1. The zero-order valence-corrected chi connectivity index (χ0v) is 21.3. The average molecular weight is 492 g/mol. The van der Waals surface area contributed by atoms with Crippen molar-refractivity contribution in [1.29, 1.82) is 0 Å². The van der Waals surface area contributed by atoms with Gasteiger partial charge in [0.1, 0.15) is 5.82 Å². The van der Waals surface area contributed by atoms with Crippen molar-refractivity contribution in [1.82, 2.24) is 14.3 Å². The quantitative estimate of drug-likeness (QED) is 0.332. The number of methoxy groups -OCH3 is 1. The highest BCUT2D eigenvalue weighted by atomic mass is 19.1. The number of carbonyl (C=O) groups is 2. The molecule has 4 aromatic rings. The van der Waals surface area contributed by atoms with Gasteiger partial charge in [-0.3, -0.25) is 4.79 Å². The number of hydrogen-bond acceptors (Lipinski definition) is 4. The molecule has 36 heavy (non-hydrogen) atoms. The predicted molar refractivity (Wildman–Crippen MR) is 136 cm³/mol. The van der Waals surface area contributed by atoms with E-state index in [2.05, 4.69) is 23.5 Å². The molecule has 0 radical (unpaired) electrons. The van der Waals surface area contributed by atoms with Crippen LogP contribution in [0.3, 0.4) is 0 Å². The van der Waals surface area contributed by atoms with E-state index in [-0.39, 0.29) is 23.6 Å². The Labute approximate surface area is 208 Å². The lowest BCUT2D eigenvalue weighted by Gasteiger charge is -2.43. The molecule has 0 atom stereocenters. The largest absolute Gasteiger partial charge is 0.469 e. The summed E-state index contributed by atoms with van der Waals surface area (Å²) in [4.78, 5) is 24.4. The van der Waals surface area contributed by atoms with Crippen LogP contribution in [-0.2, 0) is 9.53 Å². The summed E-state index contributed by atoms with van der Waals surface area (Å²) in [6.45, 7) is 9.70. The summed E-state index contributed by atoms with van der Waals surface area (Å²) in [6.07, 6.45) is 0.125. The molecule has 8 heteroatoms. The third kappa shape index (κ3) is 3.42. The van der Waals surface area contributed by atoms with Crippen LogP contribution >= 0.6 is 0 Å². The highest BCUT2D eigenvalue weighted by Crippen LogP contribution is 2.55. The first-order valence-corrected chi connectivity index (χ1v) is 12.1. The maximum Gasteiger partial charge on any atom is 0.432 e. The van der Waals surface area contributed by atoms with Gasteiger partial charge in [0.05, 0.1) is 29.3 Å². The fourth-order valence-corrected chi connectivity index (χ4v) is 5.92. The van der Waals surface area contributed by atoms with E-state index in [4.69, 9.17) is 4.74 Å². The Bertz CT molecular complexity index is 1560. The Morgan fingerprint density at radius 2 is 1.81 bits per heavy atom. The van der Waals surface area contributed by atoms with Gasteiger partial charge in [-0.1, -0.05) is 13.8 Å². The summed E-state index contributed by atoms with van der Waals surface area (Å²) in [5, 5.41) is 15.7. The number of halogens is 1. The van der Waals surface area contributed by atoms with Crippen molar-refractivity contribution in [2.45, 2.75) is 59.3 Å². The standard InChI is InChI=1S/C28H30FN3O4/c1-14(2)25-24(17-12-28(5,13-17)26(33)36-6)20-11-23-19(16(4)30-32(23)27(34)35)10-22(20)31(25)18-7-8-21(29)15(3)9-18/h7-11,14,17H,12-13H2,1-6H3,(H,34,35). The normalized spacial score (nSPS) is 19.7. The summed E-state index contributed by atoms with van der Waals surface area (Å²) < 4.78 is 22.4. The minimum atomic E-state index is -1.14. The molecule has 1 N–H and O–H groups in total. The number of benzene rings is 2. The molecule has 2 heterocycles. The van der Waals surface area contributed by atoms with E-state index >= 15 is 0 Å². The van der Waals surface area contributed by atoms with Crippen LogP contribution in [0.15, 0.2) is 30.3 Å². The van der Waals surface area contributed by atoms with Crippen LogP contribution < -0.4 is 0 Å². The van der Waals surface area contributed by atoms with E-state index in [1.807, 2.05) is 25.1 Å². The molecular formula is C28H30FN3O4. The summed E-state index contributed by atoms with van der Waals surface area (Å²) in [5.41, 5.74) is 5.05. The van der Waals surface area contributed by atoms with Crippen LogP contribution in [-0.4, -0.2) is 38.6 Å². The summed E-state index contributed by atoms with van der Waals surface area (Å²) >= 11 is 0. The summed E-state index contributed by atoms with van der Waals surface area (Å²) in [6, 6.07) is 8.97. The average Bonchev–Trinajstić information content (AvgIpc) is 3.31. The monoisotopic (exact) mass is 491 g/mol. The minimum Gasteiger partial charge on any atom is -0.469 e. The van der Waals surface area contributed by atoms with Gasteiger partial charge in [-0.25, -0.2) is 9.18 Å². The second-order valence-electron chi connectivity index (χ2n) is 10.5. The Kier molecular flexibility index (Phi) is 5.46. The smallest absolute Gasteiger partial charge is 0.432 e. The second kappa shape index (κ2) is 8.18. The molecule has 0 bridgehead atoms. The van der Waals surface area contributed by atoms with Crippen molar-refractivity contribution in [2.24, 2.45) is 5.41 Å². The Morgan fingerprint density at radius 3 is 2.39 bits per heavy atom. The van der Waals surface area contributed by atoms with E-state index < -0.39 is 11.5 Å². The van der Waals surface area contributed by atoms with Crippen LogP contribution in [0.5, 0.6) is 0 Å². The molecule has 1 saturated carbocycles. The molecule has 1 aliphatic carbocycles. The maximum absolute atomic E-state index is 14.2. The number of rotatable bonds is 4. The van der Waals surface area contributed by atoms with Gasteiger partial charge in [0.2, 0.25) is 0 Å². The van der Waals surface area contributed by atoms with Crippen LogP contribution in [0, 0.1) is 25.1 Å². The van der Waals surface area contributed by atoms with E-state index in [1.165, 1.54) is 13.2 Å². The van der Waals surface area contributed by atoms with Gasteiger partial charge >= 0.3 is 12.1 Å². The lowest BCUT2D eigenvalue weighted by atomic mass is 9.60. The number of esters is 1. The van der Waals surface area contributed by atoms with Gasteiger partial charge in [-0.05, 0) is 86.9 Å². The first kappa shape index (κ1) is 24.0. The number of fused-ring (bicyclic) bond motifs is 2. The van der Waals surface area contributed by atoms with Gasteiger partial charge in [0.15, 0.2) is 0 Å². The molecule has 0 amide bonds.